The van der Waals surface area contributed by atoms with Gasteiger partial charge in [0.1, 0.15) is 36.3 Å². The first kappa shape index (κ1) is 21.7. The number of pyridine rings is 2. The molecule has 3 aromatic rings. The smallest absolute Gasteiger partial charge is 0.141 e. The van der Waals surface area contributed by atoms with E-state index >= 15 is 0 Å². The number of likely N-dealkylation sites (tertiary alicyclic amines) is 1. The number of oxime groups is 1. The highest BCUT2D eigenvalue weighted by atomic mass is 19.1. The van der Waals surface area contributed by atoms with E-state index in [9.17, 15) is 4.39 Å². The maximum Gasteiger partial charge on any atom is 0.141 e. The molecule has 0 radical (unpaired) electrons. The van der Waals surface area contributed by atoms with E-state index in [1.54, 1.807) is 12.3 Å². The molecule has 0 bridgehead atoms. The molecule has 1 fully saturated rings. The van der Waals surface area contributed by atoms with Crippen LogP contribution in [0.25, 0.3) is 0 Å². The third-order valence-corrected chi connectivity index (χ3v) is 5.37. The summed E-state index contributed by atoms with van der Waals surface area (Å²) < 4.78 is 19.4. The number of rotatable bonds is 7. The first-order valence-corrected chi connectivity index (χ1v) is 10.5. The van der Waals surface area contributed by atoms with Crippen LogP contribution < -0.4 is 10.5 Å². The highest BCUT2D eigenvalue weighted by Gasteiger charge is 2.21. The van der Waals surface area contributed by atoms with Crippen LogP contribution in [0.3, 0.4) is 0 Å². The van der Waals surface area contributed by atoms with Crippen LogP contribution in [0.2, 0.25) is 0 Å². The fraction of sp³-hybridized carbons (Fsp3) is 0.292. The number of aromatic nitrogens is 2. The van der Waals surface area contributed by atoms with Gasteiger partial charge in [0, 0.05) is 31.4 Å². The number of hydrogen-bond acceptors (Lipinski definition) is 7. The van der Waals surface area contributed by atoms with Crippen LogP contribution in [0.5, 0.6) is 5.75 Å². The van der Waals surface area contributed by atoms with Gasteiger partial charge < -0.3 is 15.3 Å². The second kappa shape index (κ2) is 10.2. The molecule has 0 unspecified atom stereocenters. The molecule has 3 heterocycles. The summed E-state index contributed by atoms with van der Waals surface area (Å²) in [5, 5.41) is 4.06. The summed E-state index contributed by atoms with van der Waals surface area (Å²) >= 11 is 0. The molecule has 0 amide bonds. The van der Waals surface area contributed by atoms with Crippen LogP contribution in [0, 0.1) is 5.82 Å². The Bertz CT molecular complexity index is 1050. The molecule has 166 valence electrons. The summed E-state index contributed by atoms with van der Waals surface area (Å²) in [4.78, 5) is 15.5. The third-order valence-electron chi connectivity index (χ3n) is 5.37. The highest BCUT2D eigenvalue weighted by molar-refractivity contribution is 6.11. The second-order valence-electron chi connectivity index (χ2n) is 7.69. The van der Waals surface area contributed by atoms with Crippen LogP contribution in [-0.4, -0.2) is 46.9 Å². The van der Waals surface area contributed by atoms with Crippen LogP contribution in [0.1, 0.15) is 29.7 Å². The van der Waals surface area contributed by atoms with Gasteiger partial charge in [-0.05, 0) is 66.9 Å². The van der Waals surface area contributed by atoms with Crippen molar-refractivity contribution < 1.29 is 14.0 Å². The number of hydrogen-bond donors (Lipinski definition) is 1. The standard InChI is InChI=1S/C24H26FN5O2/c1-31-29-24(22-7-4-19(25)15-28-22)18-2-5-20(6-3-18)32-21-9-12-30(13-10-21)16-17-8-11-27-23(26)14-17/h2-8,11,14-15,21H,9-10,12-13,16H2,1H3,(H2,26,27). The van der Waals surface area contributed by atoms with Gasteiger partial charge >= 0.3 is 0 Å². The molecule has 2 aromatic heterocycles. The molecule has 0 saturated carbocycles. The van der Waals surface area contributed by atoms with E-state index in [1.165, 1.54) is 18.7 Å². The fourth-order valence-electron chi connectivity index (χ4n) is 3.77. The topological polar surface area (TPSA) is 85.9 Å². The Morgan fingerprint density at radius 3 is 2.56 bits per heavy atom. The zero-order valence-electron chi connectivity index (χ0n) is 17.9. The molecule has 7 nitrogen and oxygen atoms in total. The van der Waals surface area contributed by atoms with Crippen molar-refractivity contribution in [3.63, 3.8) is 0 Å². The van der Waals surface area contributed by atoms with E-state index in [0.29, 0.717) is 17.2 Å². The van der Waals surface area contributed by atoms with E-state index in [1.807, 2.05) is 36.4 Å². The fourth-order valence-corrected chi connectivity index (χ4v) is 3.77. The maximum absolute atomic E-state index is 13.2. The van der Waals surface area contributed by atoms with Gasteiger partial charge in [-0.1, -0.05) is 5.16 Å². The number of nitrogens with two attached hydrogens (primary N) is 1. The molecule has 1 aliphatic heterocycles. The number of nitrogens with zero attached hydrogens (tertiary/aromatic N) is 4. The summed E-state index contributed by atoms with van der Waals surface area (Å²) in [7, 11) is 1.47. The van der Waals surface area contributed by atoms with Gasteiger partial charge in [0.2, 0.25) is 0 Å². The predicted molar refractivity (Wildman–Crippen MR) is 121 cm³/mol. The summed E-state index contributed by atoms with van der Waals surface area (Å²) in [5.74, 6) is 0.959. The van der Waals surface area contributed by atoms with Gasteiger partial charge in [-0.15, -0.1) is 0 Å². The first-order chi connectivity index (χ1) is 15.6. The van der Waals surface area contributed by atoms with Crippen molar-refractivity contribution in [3.05, 3.63) is 83.6 Å². The average molecular weight is 436 g/mol. The normalized spacial score (nSPS) is 15.5. The Kier molecular flexibility index (Phi) is 6.91. The average Bonchev–Trinajstić information content (AvgIpc) is 2.80. The Labute approximate surface area is 186 Å². The summed E-state index contributed by atoms with van der Waals surface area (Å²) in [6.07, 6.45) is 4.99. The number of halogens is 1. The van der Waals surface area contributed by atoms with Crippen molar-refractivity contribution in [2.24, 2.45) is 5.16 Å². The molecular weight excluding hydrogens is 409 g/mol. The molecule has 32 heavy (non-hydrogen) atoms. The van der Waals surface area contributed by atoms with Crippen molar-refractivity contribution >= 4 is 11.5 Å². The highest BCUT2D eigenvalue weighted by Crippen LogP contribution is 2.22. The van der Waals surface area contributed by atoms with Crippen LogP contribution in [0.15, 0.2) is 66.1 Å². The summed E-state index contributed by atoms with van der Waals surface area (Å²) in [6.45, 7) is 2.80. The van der Waals surface area contributed by atoms with E-state index in [2.05, 4.69) is 20.0 Å². The minimum Gasteiger partial charge on any atom is -0.490 e. The Morgan fingerprint density at radius 1 is 1.12 bits per heavy atom. The Morgan fingerprint density at radius 2 is 1.91 bits per heavy atom. The van der Waals surface area contributed by atoms with Gasteiger partial charge in [0.05, 0.1) is 11.9 Å². The molecule has 1 aliphatic rings. The molecule has 0 atom stereocenters. The molecule has 0 spiro atoms. The molecule has 0 aliphatic carbocycles. The molecule has 1 aromatic carbocycles. The maximum atomic E-state index is 13.2. The quantitative estimate of drug-likeness (QED) is 0.451. The summed E-state index contributed by atoms with van der Waals surface area (Å²) in [5.41, 5.74) is 8.83. The van der Waals surface area contributed by atoms with Gasteiger partial charge in [0.25, 0.3) is 0 Å². The molecule has 8 heteroatoms. The monoisotopic (exact) mass is 435 g/mol. The zero-order chi connectivity index (χ0) is 22.3. The van der Waals surface area contributed by atoms with Crippen molar-refractivity contribution in [3.8, 4) is 5.75 Å². The lowest BCUT2D eigenvalue weighted by molar-refractivity contribution is 0.0968. The summed E-state index contributed by atoms with van der Waals surface area (Å²) in [6, 6.07) is 14.5. The van der Waals surface area contributed by atoms with Gasteiger partial charge in [0.15, 0.2) is 0 Å². The van der Waals surface area contributed by atoms with Crippen LogP contribution in [0.4, 0.5) is 10.2 Å². The number of ether oxygens (including phenoxy) is 1. The van der Waals surface area contributed by atoms with Crippen LogP contribution >= 0.6 is 0 Å². The minimum atomic E-state index is -0.398. The van der Waals surface area contributed by atoms with Gasteiger partial charge in [-0.25, -0.2) is 9.37 Å². The van der Waals surface area contributed by atoms with E-state index in [4.69, 9.17) is 15.3 Å². The second-order valence-corrected chi connectivity index (χ2v) is 7.69. The largest absolute Gasteiger partial charge is 0.490 e. The Hall–Kier alpha value is -3.52. The first-order valence-electron chi connectivity index (χ1n) is 10.5. The third kappa shape index (κ3) is 5.59. The number of anilines is 1. The minimum absolute atomic E-state index is 0.172. The molecular formula is C24H26FN5O2. The van der Waals surface area contributed by atoms with Crippen molar-refractivity contribution in [1.82, 2.24) is 14.9 Å². The van der Waals surface area contributed by atoms with E-state index in [0.717, 1.165) is 50.0 Å². The van der Waals surface area contributed by atoms with Gasteiger partial charge in [-0.2, -0.15) is 0 Å². The molecule has 2 N–H and O–H groups in total. The lowest BCUT2D eigenvalue weighted by Crippen LogP contribution is -2.37. The van der Waals surface area contributed by atoms with E-state index < -0.39 is 5.82 Å². The van der Waals surface area contributed by atoms with Crippen molar-refractivity contribution in [1.29, 1.82) is 0 Å². The zero-order valence-corrected chi connectivity index (χ0v) is 17.9. The lowest BCUT2D eigenvalue weighted by atomic mass is 10.1. The lowest BCUT2D eigenvalue weighted by Gasteiger charge is -2.32. The van der Waals surface area contributed by atoms with Crippen molar-refractivity contribution in [2.75, 3.05) is 25.9 Å². The predicted octanol–water partition coefficient (Wildman–Crippen LogP) is 3.64. The van der Waals surface area contributed by atoms with Crippen molar-refractivity contribution in [2.45, 2.75) is 25.5 Å². The number of piperidine rings is 1. The van der Waals surface area contributed by atoms with Crippen LogP contribution in [-0.2, 0) is 11.4 Å². The molecule has 1 saturated heterocycles. The SMILES string of the molecule is CON=C(c1ccc(OC2CCN(Cc3ccnc(N)c3)CC2)cc1)c1ccc(F)cn1. The van der Waals surface area contributed by atoms with E-state index in [-0.39, 0.29) is 6.10 Å². The molecule has 4 rings (SSSR count). The number of nitrogen functional groups attached to an aromatic ring is 1. The Balaban J connectivity index is 1.34. The number of benzene rings is 1. The van der Waals surface area contributed by atoms with Gasteiger partial charge in [-0.3, -0.25) is 9.88 Å².